The lowest BCUT2D eigenvalue weighted by Crippen LogP contribution is -2.47. The van der Waals surface area contributed by atoms with Gasteiger partial charge in [0, 0.05) is 49.9 Å². The molecule has 0 aliphatic carbocycles. The first-order chi connectivity index (χ1) is 15.3. The van der Waals surface area contributed by atoms with Crippen molar-refractivity contribution in [2.45, 2.75) is 0 Å². The fourth-order valence-electron chi connectivity index (χ4n) is 3.70. The van der Waals surface area contributed by atoms with Crippen molar-refractivity contribution in [1.82, 2.24) is 19.9 Å². The summed E-state index contributed by atoms with van der Waals surface area (Å²) >= 11 is 0. The summed E-state index contributed by atoms with van der Waals surface area (Å²) in [4.78, 5) is 23.0. The number of para-hydroxylation sites is 1. The third kappa shape index (κ3) is 4.05. The van der Waals surface area contributed by atoms with E-state index in [2.05, 4.69) is 54.3 Å². The van der Waals surface area contributed by atoms with Crippen molar-refractivity contribution in [2.75, 3.05) is 48.4 Å². The van der Waals surface area contributed by atoms with E-state index in [4.69, 9.17) is 9.72 Å². The van der Waals surface area contributed by atoms with Crippen molar-refractivity contribution in [1.29, 1.82) is 0 Å². The number of fused-ring (bicyclic) bond motifs is 1. The van der Waals surface area contributed by atoms with Crippen molar-refractivity contribution in [3.63, 3.8) is 0 Å². The Morgan fingerprint density at radius 1 is 0.806 bits per heavy atom. The average molecular weight is 413 g/mol. The van der Waals surface area contributed by atoms with E-state index < -0.39 is 0 Å². The minimum absolute atomic E-state index is 0.578. The fourth-order valence-corrected chi connectivity index (χ4v) is 3.70. The molecule has 1 aliphatic heterocycles. The molecule has 1 N–H and O–H groups in total. The maximum Gasteiger partial charge on any atom is 0.229 e. The summed E-state index contributed by atoms with van der Waals surface area (Å²) in [5, 5.41) is 3.37. The largest absolute Gasteiger partial charge is 0.497 e. The standard InChI is InChI=1S/C23H23N7O/c1-31-19-9-7-17(8-10-19)26-22-20-21(25-12-11-24-20)27-23(28-22)30-15-13-29(14-16-30)18-5-3-2-4-6-18/h2-12H,13-16H2,1H3,(H,25,26,27,28). The van der Waals surface area contributed by atoms with Gasteiger partial charge in [0.25, 0.3) is 0 Å². The van der Waals surface area contributed by atoms with E-state index in [0.29, 0.717) is 22.9 Å². The number of hydrogen-bond acceptors (Lipinski definition) is 8. The van der Waals surface area contributed by atoms with E-state index >= 15 is 0 Å². The van der Waals surface area contributed by atoms with Crippen molar-refractivity contribution in [3.8, 4) is 5.75 Å². The predicted octanol–water partition coefficient (Wildman–Crippen LogP) is 3.50. The average Bonchev–Trinajstić information content (AvgIpc) is 2.85. The quantitative estimate of drug-likeness (QED) is 0.533. The number of benzene rings is 2. The molecule has 0 spiro atoms. The van der Waals surface area contributed by atoms with Crippen molar-refractivity contribution < 1.29 is 4.74 Å². The molecule has 0 atom stereocenters. The van der Waals surface area contributed by atoms with Gasteiger partial charge in [-0.2, -0.15) is 9.97 Å². The van der Waals surface area contributed by atoms with Crippen LogP contribution in [0, 0.1) is 0 Å². The zero-order valence-corrected chi connectivity index (χ0v) is 17.3. The van der Waals surface area contributed by atoms with Gasteiger partial charge in [-0.3, -0.25) is 0 Å². The number of nitrogens with zero attached hydrogens (tertiary/aromatic N) is 6. The third-order valence-corrected chi connectivity index (χ3v) is 5.36. The second-order valence-electron chi connectivity index (χ2n) is 7.26. The SMILES string of the molecule is COc1ccc(Nc2nc(N3CCN(c4ccccc4)CC3)nc3nccnc23)cc1. The highest BCUT2D eigenvalue weighted by atomic mass is 16.5. The summed E-state index contributed by atoms with van der Waals surface area (Å²) < 4.78 is 5.24. The second-order valence-corrected chi connectivity index (χ2v) is 7.26. The minimum Gasteiger partial charge on any atom is -0.497 e. The van der Waals surface area contributed by atoms with Crippen LogP contribution in [-0.4, -0.2) is 53.2 Å². The molecule has 2 aromatic heterocycles. The molecular formula is C23H23N7O. The van der Waals surface area contributed by atoms with Crippen LogP contribution in [0.25, 0.3) is 11.2 Å². The molecular weight excluding hydrogens is 390 g/mol. The predicted molar refractivity (Wildman–Crippen MR) is 122 cm³/mol. The highest BCUT2D eigenvalue weighted by Gasteiger charge is 2.21. The summed E-state index contributed by atoms with van der Waals surface area (Å²) in [6.45, 7) is 3.49. The first-order valence-electron chi connectivity index (χ1n) is 10.2. The number of rotatable bonds is 5. The lowest BCUT2D eigenvalue weighted by molar-refractivity contribution is 0.415. The fraction of sp³-hybridized carbons (Fsp3) is 0.217. The van der Waals surface area contributed by atoms with Gasteiger partial charge in [-0.15, -0.1) is 0 Å². The summed E-state index contributed by atoms with van der Waals surface area (Å²) in [5.41, 5.74) is 3.36. The molecule has 1 saturated heterocycles. The van der Waals surface area contributed by atoms with Gasteiger partial charge < -0.3 is 19.9 Å². The highest BCUT2D eigenvalue weighted by Crippen LogP contribution is 2.26. The normalized spacial score (nSPS) is 14.0. The molecule has 0 radical (unpaired) electrons. The number of ether oxygens (including phenoxy) is 1. The minimum atomic E-state index is 0.578. The molecule has 0 amide bonds. The molecule has 5 rings (SSSR count). The van der Waals surface area contributed by atoms with Crippen molar-refractivity contribution in [3.05, 3.63) is 67.0 Å². The van der Waals surface area contributed by atoms with Crippen LogP contribution in [0.1, 0.15) is 0 Å². The van der Waals surface area contributed by atoms with Gasteiger partial charge in [0.15, 0.2) is 17.0 Å². The second kappa shape index (κ2) is 8.43. The van der Waals surface area contributed by atoms with E-state index in [1.807, 2.05) is 30.3 Å². The van der Waals surface area contributed by atoms with E-state index in [1.54, 1.807) is 19.5 Å². The summed E-state index contributed by atoms with van der Waals surface area (Å²) in [6.07, 6.45) is 3.31. The molecule has 0 unspecified atom stereocenters. The molecule has 0 bridgehead atoms. The zero-order chi connectivity index (χ0) is 21.0. The summed E-state index contributed by atoms with van der Waals surface area (Å²) in [6, 6.07) is 18.2. The number of anilines is 4. The van der Waals surface area contributed by atoms with Crippen LogP contribution in [0.4, 0.5) is 23.1 Å². The first-order valence-corrected chi connectivity index (χ1v) is 10.2. The van der Waals surface area contributed by atoms with Crippen LogP contribution < -0.4 is 19.9 Å². The number of methoxy groups -OCH3 is 1. The Morgan fingerprint density at radius 2 is 1.52 bits per heavy atom. The summed E-state index contributed by atoms with van der Waals surface area (Å²) in [5.74, 6) is 2.11. The number of piperazine rings is 1. The van der Waals surface area contributed by atoms with Crippen LogP contribution in [0.15, 0.2) is 67.0 Å². The number of nitrogens with one attached hydrogen (secondary N) is 1. The van der Waals surface area contributed by atoms with Crippen LogP contribution in [0.2, 0.25) is 0 Å². The van der Waals surface area contributed by atoms with Crippen LogP contribution in [0.3, 0.4) is 0 Å². The van der Waals surface area contributed by atoms with Crippen LogP contribution in [-0.2, 0) is 0 Å². The molecule has 31 heavy (non-hydrogen) atoms. The Balaban J connectivity index is 1.40. The Labute approximate surface area is 180 Å². The highest BCUT2D eigenvalue weighted by molar-refractivity contribution is 5.85. The Bertz CT molecular complexity index is 1160. The van der Waals surface area contributed by atoms with Gasteiger partial charge in [-0.05, 0) is 36.4 Å². The third-order valence-electron chi connectivity index (χ3n) is 5.36. The van der Waals surface area contributed by atoms with Gasteiger partial charge in [0.05, 0.1) is 7.11 Å². The van der Waals surface area contributed by atoms with Gasteiger partial charge >= 0.3 is 0 Å². The number of aromatic nitrogens is 4. The molecule has 8 heteroatoms. The molecule has 156 valence electrons. The summed E-state index contributed by atoms with van der Waals surface area (Å²) in [7, 11) is 1.65. The van der Waals surface area contributed by atoms with Gasteiger partial charge in [-0.1, -0.05) is 18.2 Å². The lowest BCUT2D eigenvalue weighted by atomic mass is 10.2. The van der Waals surface area contributed by atoms with Gasteiger partial charge in [0.2, 0.25) is 5.95 Å². The van der Waals surface area contributed by atoms with E-state index in [1.165, 1.54) is 5.69 Å². The Hall–Kier alpha value is -3.94. The van der Waals surface area contributed by atoms with Crippen LogP contribution >= 0.6 is 0 Å². The smallest absolute Gasteiger partial charge is 0.229 e. The van der Waals surface area contributed by atoms with Gasteiger partial charge in [0.1, 0.15) is 5.75 Å². The lowest BCUT2D eigenvalue weighted by Gasteiger charge is -2.36. The van der Waals surface area contributed by atoms with Crippen LogP contribution in [0.5, 0.6) is 5.75 Å². The molecule has 1 fully saturated rings. The van der Waals surface area contributed by atoms with E-state index in [9.17, 15) is 0 Å². The monoisotopic (exact) mass is 413 g/mol. The Kier molecular flexibility index (Phi) is 5.18. The molecule has 3 heterocycles. The topological polar surface area (TPSA) is 79.3 Å². The molecule has 0 saturated carbocycles. The number of hydrogen-bond donors (Lipinski definition) is 1. The van der Waals surface area contributed by atoms with Crippen molar-refractivity contribution in [2.24, 2.45) is 0 Å². The van der Waals surface area contributed by atoms with Gasteiger partial charge in [-0.25, -0.2) is 9.97 Å². The Morgan fingerprint density at radius 3 is 2.26 bits per heavy atom. The molecule has 8 nitrogen and oxygen atoms in total. The van der Waals surface area contributed by atoms with E-state index in [0.717, 1.165) is 37.6 Å². The maximum atomic E-state index is 5.24. The molecule has 4 aromatic rings. The zero-order valence-electron chi connectivity index (χ0n) is 17.3. The van der Waals surface area contributed by atoms with Crippen molar-refractivity contribution >= 4 is 34.3 Å². The molecule has 2 aromatic carbocycles. The first kappa shape index (κ1) is 19.0. The van der Waals surface area contributed by atoms with E-state index in [-0.39, 0.29) is 0 Å². The molecule has 1 aliphatic rings. The maximum absolute atomic E-state index is 5.24.